The number of furan rings is 1. The van der Waals surface area contributed by atoms with Gasteiger partial charge in [0.2, 0.25) is 0 Å². The van der Waals surface area contributed by atoms with Gasteiger partial charge in [-0.2, -0.15) is 0 Å². The van der Waals surface area contributed by atoms with Crippen LogP contribution in [0, 0.1) is 0 Å². The van der Waals surface area contributed by atoms with Crippen LogP contribution in [0.1, 0.15) is 0 Å². The fraction of sp³-hybridized carbons (Fsp3) is 0. The maximum Gasteiger partial charge on any atom is 0.143 e. The van der Waals surface area contributed by atoms with Crippen molar-refractivity contribution >= 4 is 75.8 Å². The largest absolute Gasteiger partial charge is 0.455 e. The van der Waals surface area contributed by atoms with Gasteiger partial charge in [-0.1, -0.05) is 158 Å². The monoisotopic (exact) mass is 646 g/mol. The Morgan fingerprint density at radius 1 is 0.275 bits per heavy atom. The topological polar surface area (TPSA) is 13.1 Å². The predicted molar refractivity (Wildman–Crippen MR) is 218 cm³/mol. The van der Waals surface area contributed by atoms with Gasteiger partial charge in [-0.15, -0.1) is 0 Å². The summed E-state index contributed by atoms with van der Waals surface area (Å²) in [6, 6.07) is 66.3. The molecular formula is C50H30O. The van der Waals surface area contributed by atoms with Crippen molar-refractivity contribution in [3.05, 3.63) is 182 Å². The van der Waals surface area contributed by atoms with Crippen molar-refractivity contribution in [2.75, 3.05) is 0 Å². The van der Waals surface area contributed by atoms with Crippen LogP contribution in [0.4, 0.5) is 0 Å². The van der Waals surface area contributed by atoms with E-state index in [0.717, 1.165) is 27.5 Å². The van der Waals surface area contributed by atoms with Gasteiger partial charge in [-0.25, -0.2) is 0 Å². The highest BCUT2D eigenvalue weighted by Gasteiger charge is 2.22. The van der Waals surface area contributed by atoms with E-state index in [0.29, 0.717) is 0 Å². The van der Waals surface area contributed by atoms with Crippen LogP contribution < -0.4 is 0 Å². The van der Waals surface area contributed by atoms with Crippen molar-refractivity contribution in [3.8, 4) is 33.4 Å². The SMILES string of the molecule is c1ccc2c(-c3cc(-c4c5ccccc5c(-c5cc6ccccc6c6ccccc56)c5ccccc45)cc4c3oc3ccccc34)cccc2c1. The molecule has 0 aliphatic carbocycles. The predicted octanol–water partition coefficient (Wildman–Crippen LogP) is 14.4. The molecule has 11 rings (SSSR count). The molecule has 0 fully saturated rings. The Labute approximate surface area is 294 Å². The average molecular weight is 647 g/mol. The molecule has 0 aliphatic rings. The van der Waals surface area contributed by atoms with Crippen LogP contribution in [0.15, 0.2) is 186 Å². The van der Waals surface area contributed by atoms with Crippen molar-refractivity contribution in [2.24, 2.45) is 0 Å². The zero-order chi connectivity index (χ0) is 33.5. The van der Waals surface area contributed by atoms with E-state index < -0.39 is 0 Å². The normalized spacial score (nSPS) is 11.9. The molecule has 0 saturated carbocycles. The Hall–Kier alpha value is -6.70. The minimum atomic E-state index is 0.902. The van der Waals surface area contributed by atoms with Gasteiger partial charge in [-0.05, 0) is 106 Å². The molecule has 0 saturated heterocycles. The second-order valence-corrected chi connectivity index (χ2v) is 13.6. The molecule has 0 bridgehead atoms. The van der Waals surface area contributed by atoms with E-state index in [1.54, 1.807) is 0 Å². The van der Waals surface area contributed by atoms with Crippen molar-refractivity contribution in [3.63, 3.8) is 0 Å². The molecule has 0 aliphatic heterocycles. The highest BCUT2D eigenvalue weighted by molar-refractivity contribution is 6.26. The van der Waals surface area contributed by atoms with Gasteiger partial charge in [0.1, 0.15) is 11.2 Å². The smallest absolute Gasteiger partial charge is 0.143 e. The summed E-state index contributed by atoms with van der Waals surface area (Å²) in [5.74, 6) is 0. The number of rotatable bonds is 3. The van der Waals surface area contributed by atoms with Gasteiger partial charge in [0, 0.05) is 16.3 Å². The maximum atomic E-state index is 6.71. The van der Waals surface area contributed by atoms with Crippen molar-refractivity contribution in [1.82, 2.24) is 0 Å². The van der Waals surface area contributed by atoms with E-state index in [2.05, 4.69) is 182 Å². The fourth-order valence-corrected chi connectivity index (χ4v) is 8.62. The first-order valence-corrected chi connectivity index (χ1v) is 17.6. The quantitative estimate of drug-likeness (QED) is 0.138. The molecule has 1 heterocycles. The zero-order valence-corrected chi connectivity index (χ0v) is 27.7. The number of benzene rings is 10. The molecule has 0 amide bonds. The third-order valence-electron chi connectivity index (χ3n) is 10.8. The molecule has 0 radical (unpaired) electrons. The number of hydrogen-bond acceptors (Lipinski definition) is 1. The summed E-state index contributed by atoms with van der Waals surface area (Å²) in [4.78, 5) is 0. The Bertz CT molecular complexity index is 3130. The summed E-state index contributed by atoms with van der Waals surface area (Å²) in [7, 11) is 0. The highest BCUT2D eigenvalue weighted by Crippen LogP contribution is 2.49. The molecule has 0 unspecified atom stereocenters. The molecule has 11 aromatic rings. The molecule has 10 aromatic carbocycles. The van der Waals surface area contributed by atoms with E-state index >= 15 is 0 Å². The van der Waals surface area contributed by atoms with Gasteiger partial charge in [0.15, 0.2) is 0 Å². The Balaban J connectivity index is 1.29. The molecular weight excluding hydrogens is 617 g/mol. The summed E-state index contributed by atoms with van der Waals surface area (Å²) in [6.07, 6.45) is 0. The van der Waals surface area contributed by atoms with Gasteiger partial charge >= 0.3 is 0 Å². The van der Waals surface area contributed by atoms with E-state index in [9.17, 15) is 0 Å². The van der Waals surface area contributed by atoms with Crippen LogP contribution in [0.25, 0.3) is 109 Å². The third kappa shape index (κ3) is 4.16. The summed E-state index contributed by atoms with van der Waals surface area (Å²) < 4.78 is 6.71. The molecule has 236 valence electrons. The second kappa shape index (κ2) is 10.9. The Kier molecular flexibility index (Phi) is 6.02. The molecule has 1 heteroatoms. The summed E-state index contributed by atoms with van der Waals surface area (Å²) in [6.45, 7) is 0. The van der Waals surface area contributed by atoms with E-state index in [-0.39, 0.29) is 0 Å². The molecule has 1 nitrogen and oxygen atoms in total. The summed E-state index contributed by atoms with van der Waals surface area (Å²) in [5.41, 5.74) is 9.05. The lowest BCUT2D eigenvalue weighted by molar-refractivity contribution is 0.670. The molecule has 51 heavy (non-hydrogen) atoms. The molecule has 0 atom stereocenters. The van der Waals surface area contributed by atoms with Gasteiger partial charge in [0.25, 0.3) is 0 Å². The molecule has 0 N–H and O–H groups in total. The summed E-state index contributed by atoms with van der Waals surface area (Å²) >= 11 is 0. The Morgan fingerprint density at radius 2 is 0.804 bits per heavy atom. The minimum absolute atomic E-state index is 0.902. The van der Waals surface area contributed by atoms with Crippen LogP contribution in [0.2, 0.25) is 0 Å². The molecule has 1 aromatic heterocycles. The standard InChI is InChI=1S/C50H30O/c1-3-17-34-31(14-1)16-13-26-37(34)45-29-33(30-46-39-21-11-12-27-47(39)51-50(45)46)48-40-22-7-9-24-42(40)49(43-25-10-8-23-41(43)48)44-28-32-15-2-4-18-35(32)36-19-5-6-20-38(36)44/h1-30H. The maximum absolute atomic E-state index is 6.71. The van der Waals surface area contributed by atoms with E-state index in [1.807, 2.05) is 0 Å². The van der Waals surface area contributed by atoms with Gasteiger partial charge < -0.3 is 4.42 Å². The van der Waals surface area contributed by atoms with E-state index in [1.165, 1.54) is 81.7 Å². The average Bonchev–Trinajstić information content (AvgIpc) is 3.58. The van der Waals surface area contributed by atoms with Crippen molar-refractivity contribution in [2.45, 2.75) is 0 Å². The van der Waals surface area contributed by atoms with Crippen molar-refractivity contribution < 1.29 is 4.42 Å². The molecule has 0 spiro atoms. The first-order valence-electron chi connectivity index (χ1n) is 17.6. The van der Waals surface area contributed by atoms with Gasteiger partial charge in [-0.3, -0.25) is 0 Å². The van der Waals surface area contributed by atoms with Crippen LogP contribution in [0.5, 0.6) is 0 Å². The second-order valence-electron chi connectivity index (χ2n) is 13.6. The first kappa shape index (κ1) is 28.2. The summed E-state index contributed by atoms with van der Waals surface area (Å²) in [5, 5.41) is 14.7. The Morgan fingerprint density at radius 3 is 1.53 bits per heavy atom. The van der Waals surface area contributed by atoms with Crippen molar-refractivity contribution in [1.29, 1.82) is 0 Å². The fourth-order valence-electron chi connectivity index (χ4n) is 8.62. The lowest BCUT2D eigenvalue weighted by Crippen LogP contribution is -1.93. The lowest BCUT2D eigenvalue weighted by Gasteiger charge is -2.20. The zero-order valence-electron chi connectivity index (χ0n) is 27.7. The third-order valence-corrected chi connectivity index (χ3v) is 10.8. The number of para-hydroxylation sites is 1. The van der Waals surface area contributed by atoms with E-state index in [4.69, 9.17) is 4.42 Å². The van der Waals surface area contributed by atoms with Crippen LogP contribution in [-0.4, -0.2) is 0 Å². The first-order chi connectivity index (χ1) is 25.3. The number of fused-ring (bicyclic) bond motifs is 9. The minimum Gasteiger partial charge on any atom is -0.455 e. The number of hydrogen-bond donors (Lipinski definition) is 0. The highest BCUT2D eigenvalue weighted by atomic mass is 16.3. The lowest BCUT2D eigenvalue weighted by atomic mass is 9.83. The van der Waals surface area contributed by atoms with Crippen LogP contribution in [-0.2, 0) is 0 Å². The van der Waals surface area contributed by atoms with Crippen LogP contribution in [0.3, 0.4) is 0 Å². The van der Waals surface area contributed by atoms with Crippen LogP contribution >= 0.6 is 0 Å². The van der Waals surface area contributed by atoms with Gasteiger partial charge in [0.05, 0.1) is 0 Å².